The Kier molecular flexibility index (Phi) is 2.92. The molecule has 1 saturated heterocycles. The van der Waals surface area contributed by atoms with Gasteiger partial charge in [0.15, 0.2) is 0 Å². The first-order valence-electron chi connectivity index (χ1n) is 6.08. The van der Waals surface area contributed by atoms with E-state index in [0.717, 1.165) is 10.1 Å². The molecule has 0 amide bonds. The van der Waals surface area contributed by atoms with Gasteiger partial charge in [-0.25, -0.2) is 4.98 Å². The van der Waals surface area contributed by atoms with Crippen LogP contribution in [-0.2, 0) is 0 Å². The van der Waals surface area contributed by atoms with Gasteiger partial charge in [0.1, 0.15) is 5.65 Å². The normalized spacial score (nSPS) is 22.1. The molecule has 0 bridgehead atoms. The zero-order valence-corrected chi connectivity index (χ0v) is 11.5. The van der Waals surface area contributed by atoms with Crippen LogP contribution in [0.2, 0.25) is 0 Å². The van der Waals surface area contributed by atoms with E-state index in [4.69, 9.17) is 4.98 Å². The van der Waals surface area contributed by atoms with E-state index in [1.165, 1.54) is 31.5 Å². The third-order valence-electron chi connectivity index (χ3n) is 3.55. The molecule has 1 aliphatic rings. The molecule has 0 aliphatic carbocycles. The van der Waals surface area contributed by atoms with Gasteiger partial charge in [-0.3, -0.25) is 4.90 Å². The van der Waals surface area contributed by atoms with Crippen molar-refractivity contribution in [2.45, 2.75) is 25.3 Å². The van der Waals surface area contributed by atoms with Crippen molar-refractivity contribution in [2.24, 2.45) is 0 Å². The van der Waals surface area contributed by atoms with Crippen LogP contribution < -0.4 is 0 Å². The summed E-state index contributed by atoms with van der Waals surface area (Å²) in [6.45, 7) is 1.18. The number of halogens is 1. The van der Waals surface area contributed by atoms with Crippen LogP contribution in [0, 0.1) is 0 Å². The molecule has 0 aromatic carbocycles. The molecule has 90 valence electrons. The molecular weight excluding hydrogens is 278 g/mol. The number of piperidine rings is 1. The van der Waals surface area contributed by atoms with Crippen molar-refractivity contribution in [3.05, 3.63) is 34.7 Å². The van der Waals surface area contributed by atoms with Gasteiger partial charge in [0, 0.05) is 16.9 Å². The number of nitrogens with zero attached hydrogens (tertiary/aromatic N) is 3. The molecule has 1 unspecified atom stereocenters. The Labute approximate surface area is 110 Å². The summed E-state index contributed by atoms with van der Waals surface area (Å²) < 4.78 is 3.19. The van der Waals surface area contributed by atoms with Crippen LogP contribution >= 0.6 is 15.9 Å². The van der Waals surface area contributed by atoms with Gasteiger partial charge in [0.25, 0.3) is 0 Å². The van der Waals surface area contributed by atoms with E-state index in [0.29, 0.717) is 6.04 Å². The lowest BCUT2D eigenvalue weighted by Crippen LogP contribution is -2.29. The molecule has 3 nitrogen and oxygen atoms in total. The molecule has 0 N–H and O–H groups in total. The summed E-state index contributed by atoms with van der Waals surface area (Å²) in [5.74, 6) is 0. The third kappa shape index (κ3) is 2.11. The van der Waals surface area contributed by atoms with Crippen LogP contribution in [0.1, 0.15) is 31.0 Å². The quantitative estimate of drug-likeness (QED) is 0.805. The number of fused-ring (bicyclic) bond motifs is 1. The SMILES string of the molecule is CN1CCCCC1c1cn2cc(Br)ccc2n1. The molecule has 2 aromatic heterocycles. The van der Waals surface area contributed by atoms with Crippen molar-refractivity contribution in [1.82, 2.24) is 14.3 Å². The first-order valence-corrected chi connectivity index (χ1v) is 6.88. The van der Waals surface area contributed by atoms with Crippen molar-refractivity contribution in [3.8, 4) is 0 Å². The standard InChI is InChI=1S/C13H16BrN3/c1-16-7-3-2-4-12(16)11-9-17-8-10(14)5-6-13(17)15-11/h5-6,8-9,12H,2-4,7H2,1H3. The number of likely N-dealkylation sites (tertiary alicyclic amines) is 1. The number of hydrogen-bond donors (Lipinski definition) is 0. The smallest absolute Gasteiger partial charge is 0.137 e. The van der Waals surface area contributed by atoms with Crippen LogP contribution in [-0.4, -0.2) is 27.9 Å². The zero-order valence-electron chi connectivity index (χ0n) is 9.93. The van der Waals surface area contributed by atoms with E-state index >= 15 is 0 Å². The molecule has 3 rings (SSSR count). The first kappa shape index (κ1) is 11.2. The molecule has 1 fully saturated rings. The van der Waals surface area contributed by atoms with Crippen molar-refractivity contribution < 1.29 is 0 Å². The topological polar surface area (TPSA) is 20.5 Å². The second kappa shape index (κ2) is 4.42. The minimum atomic E-state index is 0.488. The highest BCUT2D eigenvalue weighted by Gasteiger charge is 2.22. The summed E-state index contributed by atoms with van der Waals surface area (Å²) in [5, 5.41) is 0. The average Bonchev–Trinajstić information content (AvgIpc) is 2.72. The molecule has 1 aliphatic heterocycles. The van der Waals surface area contributed by atoms with Crippen molar-refractivity contribution in [2.75, 3.05) is 13.6 Å². The number of imidazole rings is 1. The molecule has 0 saturated carbocycles. The highest BCUT2D eigenvalue weighted by atomic mass is 79.9. The summed E-state index contributed by atoms with van der Waals surface area (Å²) in [6.07, 6.45) is 8.07. The fraction of sp³-hybridized carbons (Fsp3) is 0.462. The molecule has 4 heteroatoms. The second-order valence-electron chi connectivity index (χ2n) is 4.77. The largest absolute Gasteiger partial charge is 0.306 e. The predicted molar refractivity (Wildman–Crippen MR) is 72.1 cm³/mol. The number of hydrogen-bond acceptors (Lipinski definition) is 2. The van der Waals surface area contributed by atoms with Crippen LogP contribution in [0.15, 0.2) is 29.0 Å². The minimum absolute atomic E-state index is 0.488. The summed E-state index contributed by atoms with van der Waals surface area (Å²) in [4.78, 5) is 7.15. The zero-order chi connectivity index (χ0) is 11.8. The van der Waals surface area contributed by atoms with Gasteiger partial charge >= 0.3 is 0 Å². The Hall–Kier alpha value is -0.870. The molecule has 3 heterocycles. The molecule has 17 heavy (non-hydrogen) atoms. The van der Waals surface area contributed by atoms with Crippen LogP contribution in [0.3, 0.4) is 0 Å². The van der Waals surface area contributed by atoms with Gasteiger partial charge in [0.2, 0.25) is 0 Å². The van der Waals surface area contributed by atoms with Gasteiger partial charge in [0.05, 0.1) is 11.7 Å². The van der Waals surface area contributed by atoms with Crippen LogP contribution in [0.5, 0.6) is 0 Å². The van der Waals surface area contributed by atoms with Gasteiger partial charge < -0.3 is 4.40 Å². The summed E-state index contributed by atoms with van der Waals surface area (Å²) in [5.41, 5.74) is 2.23. The monoisotopic (exact) mass is 293 g/mol. The van der Waals surface area contributed by atoms with Crippen molar-refractivity contribution >= 4 is 21.6 Å². The lowest BCUT2D eigenvalue weighted by Gasteiger charge is -2.31. The number of rotatable bonds is 1. The van der Waals surface area contributed by atoms with Gasteiger partial charge in [-0.15, -0.1) is 0 Å². The Balaban J connectivity index is 1.99. The number of pyridine rings is 1. The Morgan fingerprint density at radius 3 is 3.00 bits per heavy atom. The fourth-order valence-corrected chi connectivity index (χ4v) is 2.95. The van der Waals surface area contributed by atoms with Gasteiger partial charge in [-0.05, 0) is 54.5 Å². The van der Waals surface area contributed by atoms with Crippen LogP contribution in [0.25, 0.3) is 5.65 Å². The molecular formula is C13H16BrN3. The highest BCUT2D eigenvalue weighted by Crippen LogP contribution is 2.29. The lowest BCUT2D eigenvalue weighted by atomic mass is 10.0. The Morgan fingerprint density at radius 2 is 2.18 bits per heavy atom. The molecule has 0 radical (unpaired) electrons. The maximum Gasteiger partial charge on any atom is 0.137 e. The average molecular weight is 294 g/mol. The summed E-state index contributed by atoms with van der Waals surface area (Å²) >= 11 is 3.49. The summed E-state index contributed by atoms with van der Waals surface area (Å²) in [7, 11) is 2.20. The van der Waals surface area contributed by atoms with Gasteiger partial charge in [-0.2, -0.15) is 0 Å². The van der Waals surface area contributed by atoms with Crippen molar-refractivity contribution in [1.29, 1.82) is 0 Å². The van der Waals surface area contributed by atoms with E-state index in [-0.39, 0.29) is 0 Å². The fourth-order valence-electron chi connectivity index (χ4n) is 2.59. The Morgan fingerprint density at radius 1 is 1.29 bits per heavy atom. The molecule has 2 aromatic rings. The van der Waals surface area contributed by atoms with E-state index in [1.807, 2.05) is 6.07 Å². The first-order chi connectivity index (χ1) is 8.24. The number of aromatic nitrogens is 2. The van der Waals surface area contributed by atoms with E-state index < -0.39 is 0 Å². The molecule has 1 atom stereocenters. The van der Waals surface area contributed by atoms with Crippen molar-refractivity contribution in [3.63, 3.8) is 0 Å². The lowest BCUT2D eigenvalue weighted by molar-refractivity contribution is 0.184. The third-order valence-corrected chi connectivity index (χ3v) is 4.01. The maximum absolute atomic E-state index is 4.73. The van der Waals surface area contributed by atoms with E-state index in [9.17, 15) is 0 Å². The minimum Gasteiger partial charge on any atom is -0.306 e. The Bertz CT molecular complexity index is 534. The molecule has 0 spiro atoms. The maximum atomic E-state index is 4.73. The van der Waals surface area contributed by atoms with Gasteiger partial charge in [-0.1, -0.05) is 6.42 Å². The summed E-state index contributed by atoms with van der Waals surface area (Å²) in [6, 6.07) is 4.58. The predicted octanol–water partition coefficient (Wildman–Crippen LogP) is 3.25. The van der Waals surface area contributed by atoms with E-state index in [2.05, 4.69) is 50.7 Å². The van der Waals surface area contributed by atoms with Crippen LogP contribution in [0.4, 0.5) is 0 Å². The second-order valence-corrected chi connectivity index (χ2v) is 5.69. The van der Waals surface area contributed by atoms with E-state index in [1.54, 1.807) is 0 Å². The highest BCUT2D eigenvalue weighted by molar-refractivity contribution is 9.10.